The number of hydrogen-bond acceptors (Lipinski definition) is 3. The van der Waals surface area contributed by atoms with E-state index in [1.54, 1.807) is 0 Å². The third-order valence-corrected chi connectivity index (χ3v) is 4.64. The zero-order valence-corrected chi connectivity index (χ0v) is 12.5. The van der Waals surface area contributed by atoms with Crippen molar-refractivity contribution in [1.29, 1.82) is 0 Å². The second-order valence-corrected chi connectivity index (χ2v) is 6.06. The van der Waals surface area contributed by atoms with Gasteiger partial charge in [-0.15, -0.1) is 0 Å². The Balaban J connectivity index is 1.72. The number of ether oxygens (including phenoxy) is 1. The largest absolute Gasteiger partial charge is 0.480 e. The van der Waals surface area contributed by atoms with Crippen LogP contribution in [0.4, 0.5) is 8.78 Å². The Kier molecular flexibility index (Phi) is 4.06. The second kappa shape index (κ2) is 5.88. The molecule has 2 fully saturated rings. The fourth-order valence-electron chi connectivity index (χ4n) is 3.24. The molecular formula is C16H17F2NO4. The third kappa shape index (κ3) is 2.93. The molecule has 0 bridgehead atoms. The number of amides is 1. The first-order valence-corrected chi connectivity index (χ1v) is 7.43. The Labute approximate surface area is 131 Å². The summed E-state index contributed by atoms with van der Waals surface area (Å²) in [5.41, 5.74) is 0.566. The normalized spacial score (nSPS) is 29.6. The maximum Gasteiger partial charge on any atom is 0.326 e. The average molecular weight is 325 g/mol. The Hall–Kier alpha value is -2.02. The molecule has 1 saturated carbocycles. The summed E-state index contributed by atoms with van der Waals surface area (Å²) in [6.45, 7) is 0.243. The van der Waals surface area contributed by atoms with Gasteiger partial charge >= 0.3 is 5.97 Å². The first-order valence-electron chi connectivity index (χ1n) is 7.43. The maximum absolute atomic E-state index is 13.3. The number of methoxy groups -OCH3 is 1. The van der Waals surface area contributed by atoms with E-state index in [-0.39, 0.29) is 36.8 Å². The molecule has 124 valence electrons. The van der Waals surface area contributed by atoms with Crippen LogP contribution in [0.2, 0.25) is 0 Å². The van der Waals surface area contributed by atoms with Crippen LogP contribution >= 0.6 is 0 Å². The lowest BCUT2D eigenvalue weighted by Crippen LogP contribution is -2.41. The fraction of sp³-hybridized carbons (Fsp3) is 0.500. The Morgan fingerprint density at radius 1 is 1.26 bits per heavy atom. The lowest BCUT2D eigenvalue weighted by molar-refractivity contribution is -0.148. The van der Waals surface area contributed by atoms with E-state index >= 15 is 0 Å². The number of hydrogen-bond donors (Lipinski definition) is 1. The molecule has 5 nitrogen and oxygen atoms in total. The number of benzene rings is 1. The topological polar surface area (TPSA) is 66.8 Å². The van der Waals surface area contributed by atoms with Crippen LogP contribution in [0.1, 0.15) is 24.3 Å². The minimum absolute atomic E-state index is 0.186. The van der Waals surface area contributed by atoms with Crippen molar-refractivity contribution < 1.29 is 28.2 Å². The molecule has 1 saturated heterocycles. The predicted molar refractivity (Wildman–Crippen MR) is 75.8 cm³/mol. The molecule has 1 amide bonds. The molecule has 4 unspecified atom stereocenters. The van der Waals surface area contributed by atoms with Gasteiger partial charge in [-0.25, -0.2) is 13.6 Å². The molecule has 1 aliphatic heterocycles. The number of nitrogens with zero attached hydrogens (tertiary/aromatic N) is 1. The van der Waals surface area contributed by atoms with Gasteiger partial charge in [-0.2, -0.15) is 0 Å². The van der Waals surface area contributed by atoms with Crippen LogP contribution in [0, 0.1) is 17.6 Å². The van der Waals surface area contributed by atoms with Crippen molar-refractivity contribution in [2.24, 2.45) is 5.92 Å². The van der Waals surface area contributed by atoms with Gasteiger partial charge in [0.15, 0.2) is 11.6 Å². The minimum atomic E-state index is -1.05. The van der Waals surface area contributed by atoms with Gasteiger partial charge in [-0.1, -0.05) is 6.07 Å². The van der Waals surface area contributed by atoms with E-state index in [2.05, 4.69) is 0 Å². The number of carboxylic acid groups (broad SMARTS) is 1. The summed E-state index contributed by atoms with van der Waals surface area (Å²) in [7, 11) is 1.48. The van der Waals surface area contributed by atoms with E-state index in [4.69, 9.17) is 4.74 Å². The van der Waals surface area contributed by atoms with Gasteiger partial charge in [0.2, 0.25) is 5.91 Å². The molecule has 0 spiro atoms. The minimum Gasteiger partial charge on any atom is -0.480 e. The van der Waals surface area contributed by atoms with Crippen molar-refractivity contribution in [2.45, 2.75) is 30.9 Å². The van der Waals surface area contributed by atoms with E-state index in [9.17, 15) is 23.5 Å². The van der Waals surface area contributed by atoms with Crippen molar-refractivity contribution in [3.8, 4) is 0 Å². The lowest BCUT2D eigenvalue weighted by Gasteiger charge is -2.21. The summed E-state index contributed by atoms with van der Waals surface area (Å²) in [6, 6.07) is 2.72. The number of likely N-dealkylation sites (tertiary alicyclic amines) is 1. The van der Waals surface area contributed by atoms with Gasteiger partial charge in [-0.05, 0) is 30.0 Å². The molecule has 1 aliphatic carbocycles. The lowest BCUT2D eigenvalue weighted by atomic mass is 10.1. The number of carbonyl (C=O) groups excluding carboxylic acids is 1. The van der Waals surface area contributed by atoms with Crippen molar-refractivity contribution in [3.05, 3.63) is 35.4 Å². The quantitative estimate of drug-likeness (QED) is 0.916. The molecule has 1 heterocycles. The van der Waals surface area contributed by atoms with Crippen LogP contribution < -0.4 is 0 Å². The zero-order valence-electron chi connectivity index (χ0n) is 12.5. The van der Waals surface area contributed by atoms with Crippen LogP contribution in [-0.4, -0.2) is 47.7 Å². The van der Waals surface area contributed by atoms with Gasteiger partial charge in [0, 0.05) is 26.0 Å². The highest BCUT2D eigenvalue weighted by Gasteiger charge is 2.50. The van der Waals surface area contributed by atoms with Crippen molar-refractivity contribution >= 4 is 11.9 Å². The molecule has 7 heteroatoms. The smallest absolute Gasteiger partial charge is 0.326 e. The molecular weight excluding hydrogens is 308 g/mol. The summed E-state index contributed by atoms with van der Waals surface area (Å²) in [5.74, 6) is -3.74. The molecule has 1 N–H and O–H groups in total. The van der Waals surface area contributed by atoms with Crippen molar-refractivity contribution in [2.75, 3.05) is 13.7 Å². The molecule has 0 radical (unpaired) electrons. The predicted octanol–water partition coefficient (Wildman–Crippen LogP) is 1.77. The number of carboxylic acids is 1. The van der Waals surface area contributed by atoms with E-state index in [0.29, 0.717) is 12.0 Å². The first-order chi connectivity index (χ1) is 10.9. The molecule has 4 atom stereocenters. The number of rotatable bonds is 4. The van der Waals surface area contributed by atoms with Gasteiger partial charge in [0.25, 0.3) is 0 Å². The summed E-state index contributed by atoms with van der Waals surface area (Å²) in [5, 5.41) is 9.26. The Morgan fingerprint density at radius 3 is 2.61 bits per heavy atom. The van der Waals surface area contributed by atoms with Crippen LogP contribution in [0.5, 0.6) is 0 Å². The number of carbonyl (C=O) groups is 2. The van der Waals surface area contributed by atoms with E-state index in [0.717, 1.165) is 12.1 Å². The van der Waals surface area contributed by atoms with E-state index < -0.39 is 23.6 Å². The van der Waals surface area contributed by atoms with Crippen LogP contribution in [-0.2, 0) is 14.3 Å². The van der Waals surface area contributed by atoms with Crippen LogP contribution in [0.3, 0.4) is 0 Å². The molecule has 0 aromatic heterocycles. The first kappa shape index (κ1) is 15.9. The second-order valence-electron chi connectivity index (χ2n) is 6.06. The Bertz CT molecular complexity index is 651. The molecule has 1 aromatic rings. The summed E-state index contributed by atoms with van der Waals surface area (Å²) in [6.07, 6.45) is 0.491. The average Bonchev–Trinajstić information content (AvgIpc) is 3.19. The summed E-state index contributed by atoms with van der Waals surface area (Å²) in [4.78, 5) is 25.2. The molecule has 2 aliphatic rings. The van der Waals surface area contributed by atoms with E-state index in [1.165, 1.54) is 18.1 Å². The fourth-order valence-corrected chi connectivity index (χ4v) is 3.24. The van der Waals surface area contributed by atoms with Crippen LogP contribution in [0.15, 0.2) is 18.2 Å². The molecule has 1 aromatic carbocycles. The summed E-state index contributed by atoms with van der Waals surface area (Å²) >= 11 is 0. The maximum atomic E-state index is 13.3. The van der Waals surface area contributed by atoms with Crippen molar-refractivity contribution in [3.63, 3.8) is 0 Å². The standard InChI is InChI=1S/C16H17F2NO4/c1-23-9-5-14(16(21)22)19(7-9)15(20)11-6-10(11)8-2-3-12(17)13(18)4-8/h2-4,9-11,14H,5-7H2,1H3,(H,21,22). The monoisotopic (exact) mass is 325 g/mol. The van der Waals surface area contributed by atoms with Gasteiger partial charge in [-0.3, -0.25) is 4.79 Å². The third-order valence-electron chi connectivity index (χ3n) is 4.64. The number of halogens is 2. The van der Waals surface area contributed by atoms with Gasteiger partial charge in [0.1, 0.15) is 6.04 Å². The highest BCUT2D eigenvalue weighted by Crippen LogP contribution is 2.49. The van der Waals surface area contributed by atoms with E-state index in [1.807, 2.05) is 0 Å². The zero-order chi connectivity index (χ0) is 16.7. The molecule has 3 rings (SSSR count). The molecule has 23 heavy (non-hydrogen) atoms. The van der Waals surface area contributed by atoms with Gasteiger partial charge < -0.3 is 14.7 Å². The Morgan fingerprint density at radius 2 is 2.00 bits per heavy atom. The highest BCUT2D eigenvalue weighted by atomic mass is 19.2. The van der Waals surface area contributed by atoms with Gasteiger partial charge in [0.05, 0.1) is 6.10 Å². The summed E-state index contributed by atoms with van der Waals surface area (Å²) < 4.78 is 31.4. The SMILES string of the molecule is COC1CC(C(=O)O)N(C(=O)C2CC2c2ccc(F)c(F)c2)C1. The highest BCUT2D eigenvalue weighted by molar-refractivity contribution is 5.88. The number of aliphatic carboxylic acids is 1. The van der Waals surface area contributed by atoms with Crippen molar-refractivity contribution in [1.82, 2.24) is 4.90 Å². The van der Waals surface area contributed by atoms with Crippen LogP contribution in [0.25, 0.3) is 0 Å².